The summed E-state index contributed by atoms with van der Waals surface area (Å²) < 4.78 is 7.62. The maximum atomic E-state index is 12.4. The molecule has 1 amide bonds. The van der Waals surface area contributed by atoms with Gasteiger partial charge < -0.3 is 19.4 Å². The first-order chi connectivity index (χ1) is 22.6. The lowest BCUT2D eigenvalue weighted by Crippen LogP contribution is -2.37. The molecule has 0 bridgehead atoms. The number of hydrogen-bond acceptors (Lipinski definition) is 9. The predicted molar refractivity (Wildman–Crippen MR) is 177 cm³/mol. The van der Waals surface area contributed by atoms with Crippen LogP contribution in [0.5, 0.6) is 0 Å². The summed E-state index contributed by atoms with van der Waals surface area (Å²) in [6.07, 6.45) is 5.44. The zero-order valence-corrected chi connectivity index (χ0v) is 27.8. The van der Waals surface area contributed by atoms with Crippen molar-refractivity contribution in [2.75, 3.05) is 37.6 Å². The zero-order valence-electron chi connectivity index (χ0n) is 27.8. The number of carbonyl (C=O) groups excluding carboxylic acids is 2. The van der Waals surface area contributed by atoms with Gasteiger partial charge in [0.15, 0.2) is 11.5 Å². The van der Waals surface area contributed by atoms with Crippen LogP contribution in [0.15, 0.2) is 30.3 Å². The molecule has 1 fully saturated rings. The van der Waals surface area contributed by atoms with Crippen LogP contribution < -0.4 is 4.90 Å². The van der Waals surface area contributed by atoms with Crippen LogP contribution in [0.3, 0.4) is 0 Å². The smallest absolute Gasteiger partial charge is 0.359 e. The molecule has 11 heteroatoms. The molecule has 47 heavy (non-hydrogen) atoms. The minimum atomic E-state index is -0.588. The molecule has 3 aliphatic rings. The van der Waals surface area contributed by atoms with Gasteiger partial charge in [0.25, 0.3) is 0 Å². The highest BCUT2D eigenvalue weighted by Crippen LogP contribution is 2.39. The molecule has 0 saturated carbocycles. The molecular formula is C36H42N8O3. The van der Waals surface area contributed by atoms with Crippen molar-refractivity contribution < 1.29 is 14.3 Å². The largest absolute Gasteiger partial charge is 0.455 e. The van der Waals surface area contributed by atoms with E-state index >= 15 is 0 Å². The number of carbonyl (C=O) groups is 2. The molecule has 0 unspecified atom stereocenters. The fourth-order valence-corrected chi connectivity index (χ4v) is 6.70. The Balaban J connectivity index is 1.10. The third-order valence-corrected chi connectivity index (χ3v) is 9.04. The first-order valence-corrected chi connectivity index (χ1v) is 16.5. The molecule has 1 aromatic carbocycles. The summed E-state index contributed by atoms with van der Waals surface area (Å²) in [5.74, 6) is 6.82. The van der Waals surface area contributed by atoms with Gasteiger partial charge in [-0.3, -0.25) is 9.48 Å². The molecule has 2 aromatic heterocycles. The molecule has 6 rings (SSSR count). The highest BCUT2D eigenvalue weighted by Gasteiger charge is 2.34. The molecule has 0 N–H and O–H groups in total. The Bertz CT molecular complexity index is 1750. The number of ether oxygens (including phenoxy) is 1. The fraction of sp³-hybridized carbons (Fsp3) is 0.500. The maximum absolute atomic E-state index is 12.4. The summed E-state index contributed by atoms with van der Waals surface area (Å²) in [4.78, 5) is 31.2. The van der Waals surface area contributed by atoms with E-state index in [0.717, 1.165) is 75.4 Å². The minimum Gasteiger partial charge on any atom is -0.455 e. The molecule has 11 nitrogen and oxygen atoms in total. The minimum absolute atomic E-state index is 0.0910. The third-order valence-electron chi connectivity index (χ3n) is 9.04. The third kappa shape index (κ3) is 7.31. The van der Waals surface area contributed by atoms with Crippen LogP contribution in [0, 0.1) is 23.2 Å². The van der Waals surface area contributed by atoms with Gasteiger partial charge in [-0.05, 0) is 88.3 Å². The number of rotatable bonds is 5. The van der Waals surface area contributed by atoms with Crippen LogP contribution in [0.25, 0.3) is 0 Å². The van der Waals surface area contributed by atoms with Gasteiger partial charge in [-0.1, -0.05) is 5.92 Å². The van der Waals surface area contributed by atoms with E-state index in [1.807, 2.05) is 37.8 Å². The molecule has 0 atom stereocenters. The Morgan fingerprint density at radius 2 is 1.85 bits per heavy atom. The van der Waals surface area contributed by atoms with E-state index in [0.29, 0.717) is 36.8 Å². The van der Waals surface area contributed by atoms with Crippen LogP contribution >= 0.6 is 0 Å². The molecule has 3 aromatic rings. The van der Waals surface area contributed by atoms with Crippen molar-refractivity contribution >= 4 is 23.4 Å². The Morgan fingerprint density at radius 1 is 1.04 bits per heavy atom. The second kappa shape index (κ2) is 13.5. The van der Waals surface area contributed by atoms with Crippen molar-refractivity contribution in [1.29, 1.82) is 5.26 Å². The van der Waals surface area contributed by atoms with Gasteiger partial charge in [0.2, 0.25) is 5.91 Å². The predicted octanol–water partition coefficient (Wildman–Crippen LogP) is 4.57. The van der Waals surface area contributed by atoms with E-state index in [9.17, 15) is 14.9 Å². The first kappa shape index (κ1) is 32.2. The van der Waals surface area contributed by atoms with Crippen LogP contribution in [0.4, 0.5) is 11.5 Å². The molecule has 0 spiro atoms. The van der Waals surface area contributed by atoms with E-state index in [2.05, 4.69) is 48.7 Å². The van der Waals surface area contributed by atoms with Crippen molar-refractivity contribution in [1.82, 2.24) is 29.8 Å². The number of fused-ring (bicyclic) bond motifs is 2. The van der Waals surface area contributed by atoms with Gasteiger partial charge in [-0.25, -0.2) is 4.79 Å². The van der Waals surface area contributed by atoms with Crippen molar-refractivity contribution in [3.05, 3.63) is 64.1 Å². The number of nitrogens with zero attached hydrogens (tertiary/aromatic N) is 8. The van der Waals surface area contributed by atoms with Gasteiger partial charge in [-0.15, -0.1) is 10.2 Å². The fourth-order valence-electron chi connectivity index (χ4n) is 6.70. The highest BCUT2D eigenvalue weighted by atomic mass is 16.6. The molecule has 5 heterocycles. The highest BCUT2D eigenvalue weighted by molar-refractivity contribution is 5.87. The number of amides is 1. The van der Waals surface area contributed by atoms with Crippen LogP contribution in [-0.4, -0.2) is 80.0 Å². The number of benzene rings is 1. The lowest BCUT2D eigenvalue weighted by molar-refractivity contribution is -0.129. The average Bonchev–Trinajstić information content (AvgIpc) is 3.44. The zero-order chi connectivity index (χ0) is 33.1. The monoisotopic (exact) mass is 634 g/mol. The van der Waals surface area contributed by atoms with E-state index < -0.39 is 11.6 Å². The maximum Gasteiger partial charge on any atom is 0.359 e. The van der Waals surface area contributed by atoms with Crippen molar-refractivity contribution in [3.63, 3.8) is 0 Å². The lowest BCUT2D eigenvalue weighted by Gasteiger charge is -2.33. The average molecular weight is 635 g/mol. The van der Waals surface area contributed by atoms with E-state index in [4.69, 9.17) is 9.84 Å². The molecule has 0 radical (unpaired) electrons. The second-order valence-electron chi connectivity index (χ2n) is 13.5. The van der Waals surface area contributed by atoms with E-state index in [1.165, 1.54) is 11.3 Å². The molecule has 3 aliphatic heterocycles. The van der Waals surface area contributed by atoms with Crippen LogP contribution in [0.2, 0.25) is 0 Å². The molecular weight excluding hydrogens is 592 g/mol. The number of likely N-dealkylation sites (tertiary alicyclic amines) is 1. The summed E-state index contributed by atoms with van der Waals surface area (Å²) in [6.45, 7) is 12.0. The summed E-state index contributed by atoms with van der Waals surface area (Å²) in [5, 5.41) is 22.8. The Kier molecular flexibility index (Phi) is 9.28. The summed E-state index contributed by atoms with van der Waals surface area (Å²) in [6, 6.07) is 11.8. The Hall–Kier alpha value is -4.74. The summed E-state index contributed by atoms with van der Waals surface area (Å²) in [7, 11) is 0. The molecule has 1 saturated heterocycles. The second-order valence-corrected chi connectivity index (χ2v) is 13.5. The topological polar surface area (TPSA) is 120 Å². The van der Waals surface area contributed by atoms with Gasteiger partial charge in [0.05, 0.1) is 24.2 Å². The SMILES string of the molecule is CC(=O)N1CCc2c(c(N3CCCc4cc(C#N)ccc43)nn2C2CCN(CCC#Cc3ccc(C(=O)OC(C)(C)C)nn3)CC2)C1. The van der Waals surface area contributed by atoms with E-state index in [1.54, 1.807) is 19.1 Å². The van der Waals surface area contributed by atoms with E-state index in [-0.39, 0.29) is 11.6 Å². The van der Waals surface area contributed by atoms with Gasteiger partial charge >= 0.3 is 5.97 Å². The molecule has 0 aliphatic carbocycles. The first-order valence-electron chi connectivity index (χ1n) is 16.5. The molecule has 244 valence electrons. The number of nitriles is 1. The van der Waals surface area contributed by atoms with Crippen molar-refractivity contribution in [3.8, 4) is 17.9 Å². The van der Waals surface area contributed by atoms with Gasteiger partial charge in [-0.2, -0.15) is 10.4 Å². The normalized spacial score (nSPS) is 16.8. The summed E-state index contributed by atoms with van der Waals surface area (Å²) >= 11 is 0. The number of piperidine rings is 1. The van der Waals surface area contributed by atoms with Crippen LogP contribution in [0.1, 0.15) is 98.0 Å². The number of esters is 1. The standard InChI is InChI=1S/C36H42N8O3/c1-25(45)42-21-16-33-30(24-42)34(43-18-7-8-27-22-26(23-37)10-13-32(27)43)40-44(33)29-14-19-41(20-15-29)17-6-5-9-28-11-12-31(39-38-28)35(46)47-36(2,3)4/h10-13,22,29H,6-8,14-21,24H2,1-4H3. The summed E-state index contributed by atoms with van der Waals surface area (Å²) in [5.41, 5.74) is 5.49. The van der Waals surface area contributed by atoms with Gasteiger partial charge in [0, 0.05) is 69.4 Å². The number of hydrogen-bond donors (Lipinski definition) is 0. The number of anilines is 2. The number of aryl methyl sites for hydroxylation is 1. The Morgan fingerprint density at radius 3 is 2.55 bits per heavy atom. The van der Waals surface area contributed by atoms with Gasteiger partial charge in [0.1, 0.15) is 11.3 Å². The Labute approximate surface area is 276 Å². The van der Waals surface area contributed by atoms with Crippen molar-refractivity contribution in [2.24, 2.45) is 0 Å². The lowest BCUT2D eigenvalue weighted by atomic mass is 9.98. The number of aromatic nitrogens is 4. The van der Waals surface area contributed by atoms with Crippen LogP contribution in [-0.2, 0) is 28.9 Å². The van der Waals surface area contributed by atoms with Crippen molar-refractivity contribution in [2.45, 2.75) is 84.4 Å². The quantitative estimate of drug-likeness (QED) is 0.294.